The number of pyridine rings is 1. The highest BCUT2D eigenvalue weighted by Crippen LogP contribution is 2.39. The zero-order valence-electron chi connectivity index (χ0n) is 15.1. The summed E-state index contributed by atoms with van der Waals surface area (Å²) >= 11 is 0. The van der Waals surface area contributed by atoms with E-state index in [4.69, 9.17) is 4.98 Å². The molecule has 0 atom stereocenters. The maximum Gasteiger partial charge on any atom is 0.295 e. The van der Waals surface area contributed by atoms with Crippen LogP contribution in [0.15, 0.2) is 72.8 Å². The van der Waals surface area contributed by atoms with Crippen molar-refractivity contribution in [3.63, 3.8) is 0 Å². The van der Waals surface area contributed by atoms with Crippen molar-refractivity contribution in [3.05, 3.63) is 94.0 Å². The summed E-state index contributed by atoms with van der Waals surface area (Å²) in [7, 11) is 0. The molecule has 0 fully saturated rings. The summed E-state index contributed by atoms with van der Waals surface area (Å²) in [6, 6.07) is 23.2. The van der Waals surface area contributed by atoms with Crippen LogP contribution < -0.4 is 0 Å². The summed E-state index contributed by atoms with van der Waals surface area (Å²) < 4.78 is 0. The summed E-state index contributed by atoms with van der Waals surface area (Å²) in [6.07, 6.45) is 0. The van der Waals surface area contributed by atoms with Crippen molar-refractivity contribution >= 4 is 16.6 Å². The van der Waals surface area contributed by atoms with E-state index in [1.807, 2.05) is 74.5 Å². The first-order chi connectivity index (χ1) is 13.1. The van der Waals surface area contributed by atoms with Gasteiger partial charge in [-0.25, -0.2) is 4.98 Å². The van der Waals surface area contributed by atoms with Gasteiger partial charge in [0, 0.05) is 17.0 Å². The molecule has 4 nitrogen and oxygen atoms in total. The zero-order valence-corrected chi connectivity index (χ0v) is 15.1. The molecule has 0 aliphatic rings. The predicted octanol–water partition coefficient (Wildman–Crippen LogP) is 6.09. The highest BCUT2D eigenvalue weighted by molar-refractivity contribution is 6.02. The lowest BCUT2D eigenvalue weighted by molar-refractivity contribution is -0.383. The summed E-state index contributed by atoms with van der Waals surface area (Å²) in [4.78, 5) is 16.0. The Balaban J connectivity index is 2.13. The molecule has 3 aromatic carbocycles. The molecule has 4 heteroatoms. The first kappa shape index (κ1) is 16.9. The minimum atomic E-state index is -0.363. The second-order valence-electron chi connectivity index (χ2n) is 6.62. The Hall–Kier alpha value is -3.53. The van der Waals surface area contributed by atoms with E-state index in [0.29, 0.717) is 5.52 Å². The third-order valence-electron chi connectivity index (χ3n) is 4.82. The largest absolute Gasteiger partial charge is 0.295 e. The number of benzene rings is 3. The Morgan fingerprint density at radius 3 is 2.19 bits per heavy atom. The van der Waals surface area contributed by atoms with Crippen LogP contribution in [0.4, 0.5) is 5.69 Å². The van der Waals surface area contributed by atoms with Crippen molar-refractivity contribution in [2.45, 2.75) is 13.8 Å². The number of aromatic nitrogens is 1. The molecule has 0 bridgehead atoms. The molecular formula is C23H18N2O2. The van der Waals surface area contributed by atoms with Gasteiger partial charge in [0.15, 0.2) is 0 Å². The predicted molar refractivity (Wildman–Crippen MR) is 109 cm³/mol. The van der Waals surface area contributed by atoms with E-state index in [1.54, 1.807) is 6.07 Å². The number of fused-ring (bicyclic) bond motifs is 1. The molecule has 1 aromatic heterocycles. The number of nitrogens with zero attached hydrogens (tertiary/aromatic N) is 2. The third kappa shape index (κ3) is 2.95. The zero-order chi connectivity index (χ0) is 19.0. The van der Waals surface area contributed by atoms with Crippen LogP contribution in [-0.2, 0) is 0 Å². The Kier molecular flexibility index (Phi) is 4.16. The van der Waals surface area contributed by atoms with Gasteiger partial charge in [-0.1, -0.05) is 72.3 Å². The minimum Gasteiger partial charge on any atom is -0.258 e. The van der Waals surface area contributed by atoms with E-state index in [9.17, 15) is 10.1 Å². The minimum absolute atomic E-state index is 0.0260. The fourth-order valence-electron chi connectivity index (χ4n) is 3.48. The average molecular weight is 354 g/mol. The van der Waals surface area contributed by atoms with Gasteiger partial charge in [-0.15, -0.1) is 0 Å². The molecule has 0 unspecified atom stereocenters. The molecule has 1 heterocycles. The lowest BCUT2D eigenvalue weighted by Crippen LogP contribution is -1.98. The fourth-order valence-corrected chi connectivity index (χ4v) is 3.48. The van der Waals surface area contributed by atoms with E-state index in [0.717, 1.165) is 38.9 Å². The van der Waals surface area contributed by atoms with Gasteiger partial charge in [0.1, 0.15) is 5.52 Å². The van der Waals surface area contributed by atoms with Crippen LogP contribution >= 0.6 is 0 Å². The number of nitro benzene ring substituents is 1. The Bertz CT molecular complexity index is 1150. The van der Waals surface area contributed by atoms with Gasteiger partial charge in [0.05, 0.1) is 10.6 Å². The number of hydrogen-bond donors (Lipinski definition) is 0. The number of aryl methyl sites for hydroxylation is 1. The standard InChI is InChI=1S/C23H18N2O2/c1-15-11-13-18(14-12-15)22-16(2)21(17-7-4-3-5-8-17)19-9-6-10-20(25(26)27)23(19)24-22/h3-14H,1-2H3. The average Bonchev–Trinajstić information content (AvgIpc) is 2.68. The molecule has 0 saturated heterocycles. The third-order valence-corrected chi connectivity index (χ3v) is 4.82. The Morgan fingerprint density at radius 1 is 0.815 bits per heavy atom. The number of para-hydroxylation sites is 1. The second kappa shape index (κ2) is 6.65. The monoisotopic (exact) mass is 354 g/mol. The second-order valence-corrected chi connectivity index (χ2v) is 6.62. The van der Waals surface area contributed by atoms with E-state index in [-0.39, 0.29) is 10.6 Å². The molecule has 0 saturated carbocycles. The van der Waals surface area contributed by atoms with Gasteiger partial charge >= 0.3 is 0 Å². The number of non-ortho nitro benzene ring substituents is 1. The van der Waals surface area contributed by atoms with Gasteiger partial charge in [-0.2, -0.15) is 0 Å². The van der Waals surface area contributed by atoms with Crippen molar-refractivity contribution in [2.75, 3.05) is 0 Å². The van der Waals surface area contributed by atoms with Gasteiger partial charge in [-0.3, -0.25) is 10.1 Å². The molecule has 0 aliphatic carbocycles. The normalized spacial score (nSPS) is 10.9. The molecule has 27 heavy (non-hydrogen) atoms. The summed E-state index contributed by atoms with van der Waals surface area (Å²) in [5, 5.41) is 12.4. The number of hydrogen-bond acceptors (Lipinski definition) is 3. The van der Waals surface area contributed by atoms with Crippen LogP contribution in [-0.4, -0.2) is 9.91 Å². The summed E-state index contributed by atoms with van der Waals surface area (Å²) in [5.74, 6) is 0. The van der Waals surface area contributed by atoms with Gasteiger partial charge < -0.3 is 0 Å². The van der Waals surface area contributed by atoms with Crippen molar-refractivity contribution in [3.8, 4) is 22.4 Å². The van der Waals surface area contributed by atoms with Crippen molar-refractivity contribution in [1.29, 1.82) is 0 Å². The first-order valence-electron chi connectivity index (χ1n) is 8.76. The van der Waals surface area contributed by atoms with Crippen molar-refractivity contribution in [2.24, 2.45) is 0 Å². The van der Waals surface area contributed by atoms with Crippen LogP contribution in [0.5, 0.6) is 0 Å². The molecule has 0 spiro atoms. The highest BCUT2D eigenvalue weighted by Gasteiger charge is 2.20. The summed E-state index contributed by atoms with van der Waals surface area (Å²) in [6.45, 7) is 4.06. The lowest BCUT2D eigenvalue weighted by Gasteiger charge is -2.15. The highest BCUT2D eigenvalue weighted by atomic mass is 16.6. The van der Waals surface area contributed by atoms with Crippen LogP contribution in [0, 0.1) is 24.0 Å². The Morgan fingerprint density at radius 2 is 1.52 bits per heavy atom. The van der Waals surface area contributed by atoms with Gasteiger partial charge in [0.25, 0.3) is 5.69 Å². The molecule has 0 aliphatic heterocycles. The summed E-state index contributed by atoms with van der Waals surface area (Å²) in [5.41, 5.74) is 6.35. The number of rotatable bonds is 3. The molecule has 0 N–H and O–H groups in total. The molecule has 4 aromatic rings. The van der Waals surface area contributed by atoms with E-state index in [2.05, 4.69) is 0 Å². The van der Waals surface area contributed by atoms with Crippen LogP contribution in [0.1, 0.15) is 11.1 Å². The first-order valence-corrected chi connectivity index (χ1v) is 8.76. The molecule has 132 valence electrons. The lowest BCUT2D eigenvalue weighted by atomic mass is 9.92. The maximum atomic E-state index is 11.6. The van der Waals surface area contributed by atoms with E-state index < -0.39 is 0 Å². The van der Waals surface area contributed by atoms with Crippen molar-refractivity contribution in [1.82, 2.24) is 4.98 Å². The SMILES string of the molecule is Cc1ccc(-c2nc3c([N+](=O)[O-])cccc3c(-c3ccccc3)c2C)cc1. The molecule has 0 radical (unpaired) electrons. The molecular weight excluding hydrogens is 336 g/mol. The quantitative estimate of drug-likeness (QED) is 0.330. The molecule has 0 amide bonds. The number of nitro groups is 1. The Labute approximate surface area is 157 Å². The van der Waals surface area contributed by atoms with E-state index in [1.165, 1.54) is 6.07 Å². The van der Waals surface area contributed by atoms with Gasteiger partial charge in [0.2, 0.25) is 0 Å². The maximum absolute atomic E-state index is 11.6. The smallest absolute Gasteiger partial charge is 0.258 e. The van der Waals surface area contributed by atoms with Crippen LogP contribution in [0.25, 0.3) is 33.3 Å². The van der Waals surface area contributed by atoms with Gasteiger partial charge in [-0.05, 0) is 30.5 Å². The van der Waals surface area contributed by atoms with Crippen molar-refractivity contribution < 1.29 is 4.92 Å². The van der Waals surface area contributed by atoms with Crippen LogP contribution in [0.3, 0.4) is 0 Å². The van der Waals surface area contributed by atoms with E-state index >= 15 is 0 Å². The van der Waals surface area contributed by atoms with Crippen LogP contribution in [0.2, 0.25) is 0 Å². The topological polar surface area (TPSA) is 56.0 Å². The molecule has 4 rings (SSSR count). The fraction of sp³-hybridized carbons (Fsp3) is 0.0870.